The van der Waals surface area contributed by atoms with E-state index in [1.54, 1.807) is 43.1 Å². The predicted molar refractivity (Wildman–Crippen MR) is 185 cm³/mol. The predicted octanol–water partition coefficient (Wildman–Crippen LogP) is 8.35. The molecule has 0 saturated carbocycles. The van der Waals surface area contributed by atoms with E-state index in [0.717, 1.165) is 27.8 Å². The number of aromatic nitrogens is 2. The highest BCUT2D eigenvalue weighted by molar-refractivity contribution is 5.91. The van der Waals surface area contributed by atoms with E-state index in [4.69, 9.17) is 23.7 Å². The maximum Gasteiger partial charge on any atom is 0.513 e. The normalized spacial score (nSPS) is 13.1. The molecule has 4 aromatic carbocycles. The molecule has 1 unspecified atom stereocenters. The van der Waals surface area contributed by atoms with Gasteiger partial charge in [-0.25, -0.2) is 14.6 Å². The maximum absolute atomic E-state index is 13.9. The Hall–Kier alpha value is -5.83. The smallest absolute Gasteiger partial charge is 0.497 e. The summed E-state index contributed by atoms with van der Waals surface area (Å²) in [4.78, 5) is 32.0. The second-order valence-electron chi connectivity index (χ2n) is 11.6. The molecule has 0 N–H and O–H groups in total. The molecule has 1 atom stereocenters. The van der Waals surface area contributed by atoms with Gasteiger partial charge in [-0.05, 0) is 47.7 Å². The van der Waals surface area contributed by atoms with Crippen LogP contribution in [0.15, 0.2) is 121 Å². The molecular weight excluding hydrogens is 620 g/mol. The molecule has 0 aliphatic heterocycles. The first-order chi connectivity index (χ1) is 23.9. The molecule has 1 heterocycles. The van der Waals surface area contributed by atoms with Gasteiger partial charge >= 0.3 is 12.1 Å². The van der Waals surface area contributed by atoms with Crippen molar-refractivity contribution in [3.05, 3.63) is 138 Å². The van der Waals surface area contributed by atoms with Crippen molar-refractivity contribution < 1.29 is 33.3 Å². The SMILES string of the molecule is CCCOC(=O)C(=C(C)OC(=O)OCC1c2ccccc2-c2ccccc21)C(c1ccc(OC)cc1OC)n1cnc(-c2ccccc2)c1. The standard InChI is InChI=1S/C40H38N2O7/c1-5-21-47-39(43)37(26(2)49-40(44)48-24-34-31-17-11-9-15-29(31)30-16-10-12-18-32(30)34)38(33-20-19-28(45-3)22-36(33)46-4)42-23-35(41-25-42)27-13-7-6-8-14-27/h6-20,22-23,25,34,38H,5,21,24H2,1-4H3. The van der Waals surface area contributed by atoms with E-state index in [0.29, 0.717) is 29.2 Å². The Morgan fingerprint density at radius 3 is 2.16 bits per heavy atom. The zero-order valence-electron chi connectivity index (χ0n) is 27.9. The van der Waals surface area contributed by atoms with Crippen LogP contribution < -0.4 is 9.47 Å². The lowest BCUT2D eigenvalue weighted by atomic mass is 9.96. The molecule has 0 radical (unpaired) electrons. The van der Waals surface area contributed by atoms with Gasteiger partial charge in [0.1, 0.15) is 29.4 Å². The van der Waals surface area contributed by atoms with Crippen molar-refractivity contribution in [1.82, 2.24) is 9.55 Å². The monoisotopic (exact) mass is 658 g/mol. The molecule has 9 heteroatoms. The number of esters is 1. The van der Waals surface area contributed by atoms with Gasteiger partial charge < -0.3 is 28.3 Å². The van der Waals surface area contributed by atoms with Crippen molar-refractivity contribution in [2.45, 2.75) is 32.2 Å². The average Bonchev–Trinajstić information content (AvgIpc) is 3.75. The van der Waals surface area contributed by atoms with Crippen molar-refractivity contribution in [2.24, 2.45) is 0 Å². The number of benzene rings is 4. The maximum atomic E-state index is 13.9. The molecule has 0 fully saturated rings. The molecule has 0 saturated heterocycles. The van der Waals surface area contributed by atoms with Crippen LogP contribution >= 0.6 is 0 Å². The second kappa shape index (κ2) is 14.9. The molecule has 5 aromatic rings. The van der Waals surface area contributed by atoms with Gasteiger partial charge in [0.25, 0.3) is 0 Å². The number of ether oxygens (including phenoxy) is 5. The number of nitrogens with zero attached hydrogens (tertiary/aromatic N) is 2. The number of fused-ring (bicyclic) bond motifs is 3. The number of methoxy groups -OCH3 is 2. The summed E-state index contributed by atoms with van der Waals surface area (Å²) in [5, 5.41) is 0. The van der Waals surface area contributed by atoms with Crippen molar-refractivity contribution in [2.75, 3.05) is 27.4 Å². The van der Waals surface area contributed by atoms with Crippen LogP contribution in [0, 0.1) is 0 Å². The minimum Gasteiger partial charge on any atom is -0.497 e. The van der Waals surface area contributed by atoms with E-state index in [-0.39, 0.29) is 30.5 Å². The molecule has 0 spiro atoms. The van der Waals surface area contributed by atoms with Crippen molar-refractivity contribution in [3.8, 4) is 33.9 Å². The summed E-state index contributed by atoms with van der Waals surface area (Å²) < 4.78 is 30.2. The van der Waals surface area contributed by atoms with Gasteiger partial charge in [0.2, 0.25) is 0 Å². The lowest BCUT2D eigenvalue weighted by molar-refractivity contribution is -0.139. The second-order valence-corrected chi connectivity index (χ2v) is 11.6. The number of carbonyl (C=O) groups is 2. The van der Waals surface area contributed by atoms with Crippen molar-refractivity contribution >= 4 is 12.1 Å². The Morgan fingerprint density at radius 2 is 1.51 bits per heavy atom. The summed E-state index contributed by atoms with van der Waals surface area (Å²) in [6.07, 6.45) is 3.13. The fraction of sp³-hybridized carbons (Fsp3) is 0.225. The van der Waals surface area contributed by atoms with Gasteiger partial charge in [-0.2, -0.15) is 0 Å². The molecular formula is C40H38N2O7. The molecule has 1 aliphatic carbocycles. The molecule has 9 nitrogen and oxygen atoms in total. The first-order valence-corrected chi connectivity index (χ1v) is 16.1. The van der Waals surface area contributed by atoms with Gasteiger partial charge in [-0.3, -0.25) is 0 Å². The summed E-state index contributed by atoms with van der Waals surface area (Å²) in [6.45, 7) is 3.70. The Balaban J connectivity index is 1.37. The molecule has 1 aliphatic rings. The summed E-state index contributed by atoms with van der Waals surface area (Å²) in [6, 6.07) is 30.3. The van der Waals surface area contributed by atoms with E-state index in [1.165, 1.54) is 7.11 Å². The molecule has 6 rings (SSSR count). The molecule has 0 amide bonds. The Morgan fingerprint density at radius 1 is 0.837 bits per heavy atom. The number of rotatable bonds is 12. The number of hydrogen-bond donors (Lipinski definition) is 0. The summed E-state index contributed by atoms with van der Waals surface area (Å²) in [5.74, 6) is 0.242. The minimum atomic E-state index is -0.934. The summed E-state index contributed by atoms with van der Waals surface area (Å²) in [7, 11) is 3.10. The van der Waals surface area contributed by atoms with Crippen LogP contribution in [0.25, 0.3) is 22.4 Å². The van der Waals surface area contributed by atoms with E-state index in [1.807, 2.05) is 79.9 Å². The van der Waals surface area contributed by atoms with Crippen LogP contribution in [0.5, 0.6) is 11.5 Å². The largest absolute Gasteiger partial charge is 0.513 e. The first-order valence-electron chi connectivity index (χ1n) is 16.1. The van der Waals surface area contributed by atoms with Crippen LogP contribution in [0.4, 0.5) is 4.79 Å². The fourth-order valence-corrected chi connectivity index (χ4v) is 6.27. The number of carbonyl (C=O) groups excluding carboxylic acids is 2. The third-order valence-electron chi connectivity index (χ3n) is 8.58. The number of hydrogen-bond acceptors (Lipinski definition) is 8. The van der Waals surface area contributed by atoms with E-state index in [9.17, 15) is 9.59 Å². The number of allylic oxidation sites excluding steroid dienone is 1. The lowest BCUT2D eigenvalue weighted by Gasteiger charge is -2.25. The first kappa shape index (κ1) is 33.1. The fourth-order valence-electron chi connectivity index (χ4n) is 6.27. The van der Waals surface area contributed by atoms with Crippen LogP contribution in [-0.4, -0.2) is 49.1 Å². The van der Waals surface area contributed by atoms with Crippen LogP contribution in [0.1, 0.15) is 48.9 Å². The topological polar surface area (TPSA) is 98.1 Å². The highest BCUT2D eigenvalue weighted by atomic mass is 16.7. The Kier molecular flexibility index (Phi) is 10.1. The third kappa shape index (κ3) is 6.92. The molecule has 0 bridgehead atoms. The van der Waals surface area contributed by atoms with E-state index >= 15 is 0 Å². The van der Waals surface area contributed by atoms with E-state index < -0.39 is 18.2 Å². The highest BCUT2D eigenvalue weighted by Gasteiger charge is 2.34. The highest BCUT2D eigenvalue weighted by Crippen LogP contribution is 2.45. The lowest BCUT2D eigenvalue weighted by Crippen LogP contribution is -2.24. The molecule has 1 aromatic heterocycles. The van der Waals surface area contributed by atoms with Crippen molar-refractivity contribution in [3.63, 3.8) is 0 Å². The van der Waals surface area contributed by atoms with Crippen molar-refractivity contribution in [1.29, 1.82) is 0 Å². The van der Waals surface area contributed by atoms with Crippen LogP contribution in [0.3, 0.4) is 0 Å². The van der Waals surface area contributed by atoms with Gasteiger partial charge in [-0.15, -0.1) is 0 Å². The third-order valence-corrected chi connectivity index (χ3v) is 8.58. The van der Waals surface area contributed by atoms with Crippen LogP contribution in [-0.2, 0) is 19.0 Å². The zero-order valence-corrected chi connectivity index (χ0v) is 27.9. The van der Waals surface area contributed by atoms with Gasteiger partial charge in [0.05, 0.1) is 38.9 Å². The minimum absolute atomic E-state index is 0.0242. The number of imidazole rings is 1. The van der Waals surface area contributed by atoms with E-state index in [2.05, 4.69) is 17.1 Å². The van der Waals surface area contributed by atoms with Gasteiger partial charge in [0, 0.05) is 29.3 Å². The van der Waals surface area contributed by atoms with Gasteiger partial charge in [0.15, 0.2) is 0 Å². The molecule has 49 heavy (non-hydrogen) atoms. The summed E-state index contributed by atoms with van der Waals surface area (Å²) >= 11 is 0. The van der Waals surface area contributed by atoms with Gasteiger partial charge in [-0.1, -0.05) is 85.8 Å². The van der Waals surface area contributed by atoms with Crippen LogP contribution in [0.2, 0.25) is 0 Å². The zero-order chi connectivity index (χ0) is 34.3. The average molecular weight is 659 g/mol. The molecule has 250 valence electrons. The quantitative estimate of drug-likeness (QED) is 0.0750. The summed E-state index contributed by atoms with van der Waals surface area (Å²) in [5.41, 5.74) is 6.65. The Labute approximate surface area is 285 Å². The Bertz CT molecular complexity index is 1940.